The van der Waals surface area contributed by atoms with E-state index in [-0.39, 0.29) is 0 Å². The molecule has 0 atom stereocenters. The highest BCUT2D eigenvalue weighted by atomic mass is 15.1. The molecule has 180 valence electrons. The molecule has 0 aliphatic heterocycles. The van der Waals surface area contributed by atoms with Crippen molar-refractivity contribution in [3.05, 3.63) is 60.4 Å². The number of hydrogen-bond acceptors (Lipinski definition) is 7. The van der Waals surface area contributed by atoms with Gasteiger partial charge >= 0.3 is 0 Å². The number of benzene rings is 2. The third-order valence-electron chi connectivity index (χ3n) is 6.30. The number of aromatic amines is 2. The predicted octanol–water partition coefficient (Wildman–Crippen LogP) is 4.74. The highest BCUT2D eigenvalue weighted by Gasteiger charge is 2.11. The monoisotopic (exact) mass is 477 g/mol. The van der Waals surface area contributed by atoms with E-state index in [0.717, 1.165) is 82.7 Å². The van der Waals surface area contributed by atoms with Crippen molar-refractivity contribution in [1.82, 2.24) is 39.9 Å². The number of nitrogens with one attached hydrogen (secondary N) is 2. The Hall–Kier alpha value is -4.24. The molecule has 0 radical (unpaired) electrons. The number of rotatable bonds is 8. The van der Waals surface area contributed by atoms with Gasteiger partial charge in [0.2, 0.25) is 0 Å². The van der Waals surface area contributed by atoms with E-state index >= 15 is 0 Å². The Morgan fingerprint density at radius 1 is 0.694 bits per heavy atom. The van der Waals surface area contributed by atoms with Gasteiger partial charge in [-0.1, -0.05) is 31.2 Å². The van der Waals surface area contributed by atoms with Gasteiger partial charge in [-0.2, -0.15) is 0 Å². The topological polar surface area (TPSA) is 135 Å². The molecule has 6 aromatic rings. The van der Waals surface area contributed by atoms with Crippen LogP contribution in [0.1, 0.15) is 37.8 Å². The van der Waals surface area contributed by atoms with Crippen LogP contribution in [0.25, 0.3) is 55.9 Å². The molecule has 2 aromatic carbocycles. The Bertz CT molecular complexity index is 1680. The molecule has 0 saturated carbocycles. The number of hydrogen-bond donors (Lipinski definition) is 3. The van der Waals surface area contributed by atoms with Gasteiger partial charge < -0.3 is 15.7 Å². The molecule has 0 bridgehead atoms. The van der Waals surface area contributed by atoms with Crippen LogP contribution in [-0.4, -0.2) is 46.4 Å². The molecule has 0 amide bonds. The molecule has 0 unspecified atom stereocenters. The normalized spacial score (nSPS) is 11.7. The summed E-state index contributed by atoms with van der Waals surface area (Å²) in [6.07, 6.45) is 8.30. The van der Waals surface area contributed by atoms with Crippen LogP contribution in [0.5, 0.6) is 0 Å². The quantitative estimate of drug-likeness (QED) is 0.269. The Morgan fingerprint density at radius 2 is 1.25 bits per heavy atom. The van der Waals surface area contributed by atoms with Gasteiger partial charge in [-0.25, -0.2) is 29.9 Å². The van der Waals surface area contributed by atoms with Crippen molar-refractivity contribution in [1.29, 1.82) is 0 Å². The highest BCUT2D eigenvalue weighted by molar-refractivity contribution is 5.90. The van der Waals surface area contributed by atoms with Crippen molar-refractivity contribution >= 4 is 33.4 Å². The van der Waals surface area contributed by atoms with Gasteiger partial charge in [-0.15, -0.1) is 0 Å². The summed E-state index contributed by atoms with van der Waals surface area (Å²) in [6, 6.07) is 12.6. The van der Waals surface area contributed by atoms with Gasteiger partial charge in [0.1, 0.15) is 11.6 Å². The lowest BCUT2D eigenvalue weighted by Gasteiger charge is -2.06. The molecule has 0 aliphatic carbocycles. The smallest absolute Gasteiger partial charge is 0.197 e. The van der Waals surface area contributed by atoms with E-state index in [4.69, 9.17) is 15.7 Å². The Morgan fingerprint density at radius 3 is 1.78 bits per heavy atom. The zero-order chi connectivity index (χ0) is 24.5. The standard InChI is InChI=1S/C27H27N9/c1-2-5-22-33-24-26(35-22)31-20(14-29-24)18-9-7-17-13-19(10-8-16(17)12-18)21-15-30-25-27(32-21)36-23(34-25)6-3-4-11-28/h7-10,12-15H,2-6,11,28H2,1H3,(H,29,31,33,35)(H,30,32,34,36). The first kappa shape index (κ1) is 22.2. The SMILES string of the molecule is CCCc1nc2ncc(-c3ccc4cc(-c5cnc6nc(CCCCN)[nH]c6n5)ccc4c3)nc2[nH]1. The number of aryl methyl sites for hydroxylation is 2. The number of fused-ring (bicyclic) bond motifs is 3. The van der Waals surface area contributed by atoms with Gasteiger partial charge in [0.25, 0.3) is 0 Å². The second-order valence-electron chi connectivity index (χ2n) is 8.99. The summed E-state index contributed by atoms with van der Waals surface area (Å²) in [6.45, 7) is 2.82. The Kier molecular flexibility index (Phi) is 5.82. The van der Waals surface area contributed by atoms with Crippen LogP contribution in [0.4, 0.5) is 0 Å². The average Bonchev–Trinajstić information content (AvgIpc) is 3.50. The van der Waals surface area contributed by atoms with Crippen LogP contribution in [-0.2, 0) is 12.8 Å². The van der Waals surface area contributed by atoms with Crippen molar-refractivity contribution in [3.8, 4) is 22.5 Å². The van der Waals surface area contributed by atoms with Crippen molar-refractivity contribution in [3.63, 3.8) is 0 Å². The van der Waals surface area contributed by atoms with Gasteiger partial charge in [0.15, 0.2) is 22.6 Å². The molecule has 4 aromatic heterocycles. The fourth-order valence-corrected chi connectivity index (χ4v) is 4.43. The fourth-order valence-electron chi connectivity index (χ4n) is 4.43. The molecular weight excluding hydrogens is 450 g/mol. The number of aromatic nitrogens is 8. The molecule has 9 heteroatoms. The summed E-state index contributed by atoms with van der Waals surface area (Å²) in [7, 11) is 0. The molecular formula is C27H27N9. The summed E-state index contributed by atoms with van der Waals surface area (Å²) >= 11 is 0. The van der Waals surface area contributed by atoms with E-state index < -0.39 is 0 Å². The Labute approximate surface area is 207 Å². The van der Waals surface area contributed by atoms with Gasteiger partial charge in [0, 0.05) is 24.0 Å². The number of H-pyrrole nitrogens is 2. The maximum atomic E-state index is 5.59. The number of nitrogens with two attached hydrogens (primary N) is 1. The molecule has 6 rings (SSSR count). The van der Waals surface area contributed by atoms with Crippen molar-refractivity contribution < 1.29 is 0 Å². The van der Waals surface area contributed by atoms with Crippen LogP contribution < -0.4 is 5.73 Å². The molecule has 0 aliphatic rings. The minimum Gasteiger partial charge on any atom is -0.330 e. The summed E-state index contributed by atoms with van der Waals surface area (Å²) in [4.78, 5) is 34.2. The highest BCUT2D eigenvalue weighted by Crippen LogP contribution is 2.28. The average molecular weight is 478 g/mol. The van der Waals surface area contributed by atoms with Crippen LogP contribution in [0, 0.1) is 0 Å². The van der Waals surface area contributed by atoms with Gasteiger partial charge in [-0.3, -0.25) is 0 Å². The van der Waals surface area contributed by atoms with E-state index in [1.54, 1.807) is 12.4 Å². The molecule has 0 saturated heterocycles. The van der Waals surface area contributed by atoms with Crippen LogP contribution in [0.15, 0.2) is 48.8 Å². The molecule has 9 nitrogen and oxygen atoms in total. The Balaban J connectivity index is 1.28. The van der Waals surface area contributed by atoms with Crippen LogP contribution in [0.3, 0.4) is 0 Å². The second kappa shape index (κ2) is 9.43. The first-order valence-corrected chi connectivity index (χ1v) is 12.4. The van der Waals surface area contributed by atoms with E-state index in [9.17, 15) is 0 Å². The largest absolute Gasteiger partial charge is 0.330 e. The van der Waals surface area contributed by atoms with E-state index in [2.05, 4.69) is 73.2 Å². The van der Waals surface area contributed by atoms with E-state index in [1.165, 1.54) is 0 Å². The zero-order valence-electron chi connectivity index (χ0n) is 20.1. The van der Waals surface area contributed by atoms with Crippen molar-refractivity contribution in [2.24, 2.45) is 5.73 Å². The van der Waals surface area contributed by atoms with Crippen LogP contribution >= 0.6 is 0 Å². The zero-order valence-corrected chi connectivity index (χ0v) is 20.1. The number of unbranched alkanes of at least 4 members (excludes halogenated alkanes) is 1. The number of imidazole rings is 2. The first-order valence-electron chi connectivity index (χ1n) is 12.4. The predicted molar refractivity (Wildman–Crippen MR) is 141 cm³/mol. The minimum absolute atomic E-state index is 0.643. The molecule has 0 spiro atoms. The van der Waals surface area contributed by atoms with Crippen LogP contribution in [0.2, 0.25) is 0 Å². The number of nitrogens with zero attached hydrogens (tertiary/aromatic N) is 6. The summed E-state index contributed by atoms with van der Waals surface area (Å²) in [5.74, 6) is 1.83. The molecule has 36 heavy (non-hydrogen) atoms. The van der Waals surface area contributed by atoms with Gasteiger partial charge in [-0.05, 0) is 48.7 Å². The van der Waals surface area contributed by atoms with Crippen molar-refractivity contribution in [2.75, 3.05) is 6.54 Å². The molecule has 4 N–H and O–H groups in total. The maximum absolute atomic E-state index is 5.59. The maximum Gasteiger partial charge on any atom is 0.197 e. The summed E-state index contributed by atoms with van der Waals surface area (Å²) in [5, 5.41) is 2.23. The van der Waals surface area contributed by atoms with E-state index in [1.807, 2.05) is 0 Å². The lowest BCUT2D eigenvalue weighted by molar-refractivity contribution is 0.724. The summed E-state index contributed by atoms with van der Waals surface area (Å²) in [5.41, 5.74) is 12.0. The lowest BCUT2D eigenvalue weighted by atomic mass is 10.0. The summed E-state index contributed by atoms with van der Waals surface area (Å²) < 4.78 is 0. The molecule has 4 heterocycles. The first-order chi connectivity index (χ1) is 17.7. The molecule has 0 fully saturated rings. The minimum atomic E-state index is 0.643. The second-order valence-corrected chi connectivity index (χ2v) is 8.99. The third-order valence-corrected chi connectivity index (χ3v) is 6.30. The fraction of sp³-hybridized carbons (Fsp3) is 0.259. The third kappa shape index (κ3) is 4.29. The lowest BCUT2D eigenvalue weighted by Crippen LogP contribution is -1.99. The van der Waals surface area contributed by atoms with Crippen molar-refractivity contribution in [2.45, 2.75) is 39.0 Å². The van der Waals surface area contributed by atoms with Gasteiger partial charge in [0.05, 0.1) is 23.8 Å². The van der Waals surface area contributed by atoms with E-state index in [0.29, 0.717) is 23.5 Å².